The Morgan fingerprint density at radius 2 is 1.93 bits per heavy atom. The summed E-state index contributed by atoms with van der Waals surface area (Å²) in [5.41, 5.74) is 3.41. The van der Waals surface area contributed by atoms with Crippen molar-refractivity contribution in [3.63, 3.8) is 0 Å². The van der Waals surface area contributed by atoms with Crippen molar-refractivity contribution in [2.75, 3.05) is 19.0 Å². The maximum absolute atomic E-state index is 12.3. The number of methoxy groups -OCH3 is 1. The van der Waals surface area contributed by atoms with Gasteiger partial charge in [-0.1, -0.05) is 11.2 Å². The van der Waals surface area contributed by atoms with E-state index < -0.39 is 6.61 Å². The number of ether oxygens (including phenoxy) is 2. The summed E-state index contributed by atoms with van der Waals surface area (Å²) < 4.78 is 33.9. The van der Waals surface area contributed by atoms with Crippen molar-refractivity contribution < 1.29 is 27.9 Å². The van der Waals surface area contributed by atoms with Gasteiger partial charge in [-0.2, -0.15) is 8.78 Å². The number of hydrogen-bond acceptors (Lipinski definition) is 5. The average molecular weight is 378 g/mol. The zero-order valence-corrected chi connectivity index (χ0v) is 15.2. The van der Waals surface area contributed by atoms with Crippen LogP contribution >= 0.6 is 0 Å². The van der Waals surface area contributed by atoms with Crippen LogP contribution in [0.15, 0.2) is 41.6 Å². The summed E-state index contributed by atoms with van der Waals surface area (Å²) in [4.78, 5) is 16.8. The summed E-state index contributed by atoms with van der Waals surface area (Å²) in [6, 6.07) is 9.88. The molecule has 0 aliphatic rings. The lowest BCUT2D eigenvalue weighted by molar-refractivity contribution is -0.120. The van der Waals surface area contributed by atoms with Gasteiger partial charge in [-0.15, -0.1) is 0 Å². The smallest absolute Gasteiger partial charge is 0.387 e. The van der Waals surface area contributed by atoms with E-state index in [1.165, 1.54) is 31.5 Å². The minimum absolute atomic E-state index is 0.0849. The van der Waals surface area contributed by atoms with Crippen LogP contribution in [0.3, 0.4) is 0 Å². The highest BCUT2D eigenvalue weighted by Gasteiger charge is 2.10. The highest BCUT2D eigenvalue weighted by Crippen LogP contribution is 2.28. The molecule has 0 bridgehead atoms. The molecule has 0 aromatic heterocycles. The van der Waals surface area contributed by atoms with Crippen LogP contribution in [0, 0.1) is 13.8 Å². The van der Waals surface area contributed by atoms with E-state index in [1.54, 1.807) is 6.07 Å². The number of benzene rings is 2. The highest BCUT2D eigenvalue weighted by atomic mass is 19.3. The lowest BCUT2D eigenvalue weighted by Crippen LogP contribution is -2.17. The third-order valence-electron chi connectivity index (χ3n) is 3.67. The number of rotatable bonds is 8. The molecule has 0 unspecified atom stereocenters. The Bertz CT molecular complexity index is 825. The number of halogens is 2. The van der Waals surface area contributed by atoms with Gasteiger partial charge < -0.3 is 19.6 Å². The van der Waals surface area contributed by atoms with Crippen LogP contribution in [-0.4, -0.2) is 32.4 Å². The van der Waals surface area contributed by atoms with Crippen LogP contribution in [0.5, 0.6) is 11.5 Å². The molecule has 0 radical (unpaired) electrons. The van der Waals surface area contributed by atoms with Crippen molar-refractivity contribution >= 4 is 17.8 Å². The van der Waals surface area contributed by atoms with Gasteiger partial charge in [0.15, 0.2) is 18.1 Å². The number of carbonyl (C=O) groups is 1. The van der Waals surface area contributed by atoms with Crippen molar-refractivity contribution in [3.05, 3.63) is 53.1 Å². The molecule has 6 nitrogen and oxygen atoms in total. The number of carbonyl (C=O) groups excluding carboxylic acids is 1. The predicted molar refractivity (Wildman–Crippen MR) is 97.7 cm³/mol. The number of amides is 1. The van der Waals surface area contributed by atoms with Gasteiger partial charge in [0.2, 0.25) is 0 Å². The van der Waals surface area contributed by atoms with Crippen LogP contribution < -0.4 is 14.8 Å². The minimum Gasteiger partial charge on any atom is -0.493 e. The van der Waals surface area contributed by atoms with Gasteiger partial charge in [-0.25, -0.2) is 0 Å². The zero-order valence-electron chi connectivity index (χ0n) is 15.2. The van der Waals surface area contributed by atoms with Gasteiger partial charge in [-0.3, -0.25) is 4.79 Å². The van der Waals surface area contributed by atoms with Crippen LogP contribution in [0.1, 0.15) is 16.7 Å². The van der Waals surface area contributed by atoms with Crippen LogP contribution in [0.4, 0.5) is 14.5 Å². The molecule has 8 heteroatoms. The van der Waals surface area contributed by atoms with Crippen LogP contribution in [0.2, 0.25) is 0 Å². The summed E-state index contributed by atoms with van der Waals surface area (Å²) >= 11 is 0. The standard InChI is InChI=1S/C19H20F2N2O4/c1-12-4-6-15(8-13(12)2)23-18(24)11-26-22-10-14-5-7-16(27-19(20)21)17(9-14)25-3/h4-10,19H,11H2,1-3H3,(H,23,24)/b22-10+. The Morgan fingerprint density at radius 3 is 2.59 bits per heavy atom. The molecule has 1 amide bonds. The van der Waals surface area contributed by atoms with Gasteiger partial charge in [-0.05, 0) is 55.3 Å². The fourth-order valence-corrected chi connectivity index (χ4v) is 2.17. The van der Waals surface area contributed by atoms with Gasteiger partial charge in [0, 0.05) is 11.3 Å². The summed E-state index contributed by atoms with van der Waals surface area (Å²) in [7, 11) is 1.34. The van der Waals surface area contributed by atoms with E-state index in [9.17, 15) is 13.6 Å². The Labute approximate surface area is 155 Å². The number of nitrogens with zero attached hydrogens (tertiary/aromatic N) is 1. The van der Waals surface area contributed by atoms with Crippen LogP contribution in [-0.2, 0) is 9.63 Å². The highest BCUT2D eigenvalue weighted by molar-refractivity contribution is 5.91. The van der Waals surface area contributed by atoms with Gasteiger partial charge in [0.05, 0.1) is 13.3 Å². The van der Waals surface area contributed by atoms with Gasteiger partial charge >= 0.3 is 6.61 Å². The molecule has 0 saturated heterocycles. The summed E-state index contributed by atoms with van der Waals surface area (Å²) in [5.74, 6) is -0.307. The maximum atomic E-state index is 12.3. The third kappa shape index (κ3) is 6.25. The van der Waals surface area contributed by atoms with E-state index in [0.29, 0.717) is 11.3 Å². The first-order chi connectivity index (χ1) is 12.9. The molecule has 0 aliphatic heterocycles. The Balaban J connectivity index is 1.87. The summed E-state index contributed by atoms with van der Waals surface area (Å²) in [5, 5.41) is 6.40. The number of aryl methyl sites for hydroxylation is 2. The molecule has 2 aromatic carbocycles. The van der Waals surface area contributed by atoms with Gasteiger partial charge in [0.25, 0.3) is 5.91 Å². The normalized spacial score (nSPS) is 10.9. The average Bonchev–Trinajstić information content (AvgIpc) is 2.62. The van der Waals surface area contributed by atoms with Crippen molar-refractivity contribution in [1.29, 1.82) is 0 Å². The topological polar surface area (TPSA) is 69.2 Å². The van der Waals surface area contributed by atoms with Crippen molar-refractivity contribution in [1.82, 2.24) is 0 Å². The summed E-state index contributed by atoms with van der Waals surface area (Å²) in [6.45, 7) is 0.725. The van der Waals surface area contributed by atoms with E-state index in [4.69, 9.17) is 9.57 Å². The fraction of sp³-hybridized carbons (Fsp3) is 0.263. The molecule has 1 N–H and O–H groups in total. The first-order valence-corrected chi connectivity index (χ1v) is 8.04. The first kappa shape index (κ1) is 20.2. The lowest BCUT2D eigenvalue weighted by atomic mass is 10.1. The fourth-order valence-electron chi connectivity index (χ4n) is 2.17. The molecule has 0 aliphatic carbocycles. The molecule has 0 atom stereocenters. The van der Waals surface area contributed by atoms with E-state index >= 15 is 0 Å². The Hall–Kier alpha value is -3.16. The largest absolute Gasteiger partial charge is 0.493 e. The van der Waals surface area contributed by atoms with E-state index in [-0.39, 0.29) is 24.0 Å². The SMILES string of the molecule is COc1cc(/C=N/OCC(=O)Nc2ccc(C)c(C)c2)ccc1OC(F)F. The molecule has 2 aromatic rings. The quantitative estimate of drug-likeness (QED) is 0.559. The minimum atomic E-state index is -2.95. The monoisotopic (exact) mass is 378 g/mol. The molecule has 0 fully saturated rings. The first-order valence-electron chi connectivity index (χ1n) is 8.04. The van der Waals surface area contributed by atoms with Crippen molar-refractivity contribution in [3.8, 4) is 11.5 Å². The number of anilines is 1. The summed E-state index contributed by atoms with van der Waals surface area (Å²) in [6.07, 6.45) is 1.33. The van der Waals surface area contributed by atoms with Gasteiger partial charge in [0.1, 0.15) is 0 Å². The molecule has 0 saturated carbocycles. The second kappa shape index (κ2) is 9.51. The molecular formula is C19H20F2N2O4. The van der Waals surface area contributed by atoms with Crippen molar-refractivity contribution in [2.45, 2.75) is 20.5 Å². The molecule has 0 spiro atoms. The Kier molecular flexibility index (Phi) is 7.10. The molecule has 27 heavy (non-hydrogen) atoms. The molecule has 0 heterocycles. The number of nitrogens with one attached hydrogen (secondary N) is 1. The predicted octanol–water partition coefficient (Wildman–Crippen LogP) is 3.90. The van der Waals surface area contributed by atoms with Crippen molar-refractivity contribution in [2.24, 2.45) is 5.16 Å². The Morgan fingerprint density at radius 1 is 1.15 bits per heavy atom. The zero-order chi connectivity index (χ0) is 19.8. The van der Waals surface area contributed by atoms with Crippen LogP contribution in [0.25, 0.3) is 0 Å². The molecule has 2 rings (SSSR count). The van der Waals surface area contributed by atoms with E-state index in [1.807, 2.05) is 26.0 Å². The number of oxime groups is 1. The van der Waals surface area contributed by atoms with E-state index in [0.717, 1.165) is 11.1 Å². The second-order valence-electron chi connectivity index (χ2n) is 5.64. The lowest BCUT2D eigenvalue weighted by Gasteiger charge is -2.10. The number of alkyl halides is 2. The number of hydrogen-bond donors (Lipinski definition) is 1. The molecular weight excluding hydrogens is 358 g/mol. The maximum Gasteiger partial charge on any atom is 0.387 e. The molecule has 144 valence electrons. The second-order valence-corrected chi connectivity index (χ2v) is 5.64. The van der Waals surface area contributed by atoms with E-state index in [2.05, 4.69) is 15.2 Å². The third-order valence-corrected chi connectivity index (χ3v) is 3.67.